The number of rotatable bonds is 6. The normalized spacial score (nSPS) is 12.8. The third kappa shape index (κ3) is 4.29. The van der Waals surface area contributed by atoms with Crippen LogP contribution >= 0.6 is 11.6 Å². The quantitative estimate of drug-likeness (QED) is 0.329. The molecule has 1 unspecified atom stereocenters. The number of nitrogens with zero attached hydrogens (tertiary/aromatic N) is 1. The number of benzene rings is 2. The van der Waals surface area contributed by atoms with E-state index in [4.69, 9.17) is 16.0 Å². The van der Waals surface area contributed by atoms with Gasteiger partial charge in [-0.25, -0.2) is 4.98 Å². The van der Waals surface area contributed by atoms with Crippen molar-refractivity contribution in [3.63, 3.8) is 0 Å². The number of pyridine rings is 1. The summed E-state index contributed by atoms with van der Waals surface area (Å²) in [4.78, 5) is 3.69. The van der Waals surface area contributed by atoms with Gasteiger partial charge in [0, 0.05) is 22.7 Å². The minimum absolute atomic E-state index is 0.0191. The monoisotopic (exact) mass is 464 g/mol. The second-order valence-corrected chi connectivity index (χ2v) is 9.76. The molecule has 4 rings (SSSR count). The molecular formula is C20H14ClFN2O4S2. The second kappa shape index (κ2) is 8.27. The molecule has 10 heteroatoms. The lowest BCUT2D eigenvalue weighted by Gasteiger charge is -2.15. The number of fused-ring (bicyclic) bond motifs is 1. The summed E-state index contributed by atoms with van der Waals surface area (Å²) >= 11 is 4.25. The van der Waals surface area contributed by atoms with E-state index in [-0.39, 0.29) is 32.0 Å². The van der Waals surface area contributed by atoms with E-state index in [9.17, 15) is 17.4 Å². The number of hydrogen-bond donors (Lipinski definition) is 1. The highest BCUT2D eigenvalue weighted by Crippen LogP contribution is 2.31. The summed E-state index contributed by atoms with van der Waals surface area (Å²) in [6, 6.07) is 15.5. The lowest BCUT2D eigenvalue weighted by Crippen LogP contribution is -2.16. The molecule has 0 aliphatic rings. The first-order valence-corrected chi connectivity index (χ1v) is 11.8. The first kappa shape index (κ1) is 20.7. The zero-order valence-electron chi connectivity index (χ0n) is 15.2. The molecule has 0 amide bonds. The van der Waals surface area contributed by atoms with Gasteiger partial charge in [-0.05, 0) is 47.6 Å². The smallest absolute Gasteiger partial charge is 0.295 e. The number of hydrogen-bond acceptors (Lipinski definition) is 5. The molecule has 1 N–H and O–H groups in total. The van der Waals surface area contributed by atoms with E-state index in [2.05, 4.69) is 9.71 Å². The van der Waals surface area contributed by atoms with Gasteiger partial charge in [-0.2, -0.15) is 12.8 Å². The Balaban J connectivity index is 1.67. The minimum atomic E-state index is -4.13. The number of para-hydroxylation sites is 1. The van der Waals surface area contributed by atoms with Crippen LogP contribution < -0.4 is 4.72 Å². The van der Waals surface area contributed by atoms with E-state index in [0.29, 0.717) is 11.0 Å². The first-order chi connectivity index (χ1) is 14.3. The molecule has 0 spiro atoms. The Morgan fingerprint density at radius 1 is 1.13 bits per heavy atom. The van der Waals surface area contributed by atoms with E-state index >= 15 is 0 Å². The van der Waals surface area contributed by atoms with Gasteiger partial charge in [0.1, 0.15) is 17.0 Å². The molecule has 6 nitrogen and oxygen atoms in total. The Labute approximate surface area is 179 Å². The fourth-order valence-corrected chi connectivity index (χ4v) is 5.32. The highest BCUT2D eigenvalue weighted by atomic mass is 35.5. The SMILES string of the molecule is O=S(=O)(Nc1cc(Cl)ccc1[S+]([O-])Cc1cccnc1F)c1cc2ccccc2o1. The highest BCUT2D eigenvalue weighted by Gasteiger charge is 2.25. The van der Waals surface area contributed by atoms with Crippen LogP contribution in [0.3, 0.4) is 0 Å². The molecule has 1 atom stereocenters. The predicted molar refractivity (Wildman–Crippen MR) is 113 cm³/mol. The summed E-state index contributed by atoms with van der Waals surface area (Å²) in [6.07, 6.45) is 1.29. The molecule has 4 aromatic rings. The van der Waals surface area contributed by atoms with E-state index < -0.39 is 27.1 Å². The molecule has 0 fully saturated rings. The van der Waals surface area contributed by atoms with Gasteiger partial charge in [0.05, 0.1) is 5.56 Å². The third-order valence-electron chi connectivity index (χ3n) is 4.22. The van der Waals surface area contributed by atoms with Crippen molar-refractivity contribution in [1.29, 1.82) is 0 Å². The summed E-state index contributed by atoms with van der Waals surface area (Å²) in [6.45, 7) is 0. The van der Waals surface area contributed by atoms with Crippen LogP contribution in [0.2, 0.25) is 5.02 Å². The maximum Gasteiger partial charge on any atom is 0.295 e. The summed E-state index contributed by atoms with van der Waals surface area (Å²) in [5, 5.41) is 0.573. The van der Waals surface area contributed by atoms with Crippen molar-refractivity contribution in [1.82, 2.24) is 4.98 Å². The maximum atomic E-state index is 13.8. The molecule has 0 bridgehead atoms. The minimum Gasteiger partial charge on any atom is -0.611 e. The molecule has 0 radical (unpaired) electrons. The number of anilines is 1. The Hall–Kier alpha value is -2.59. The van der Waals surface area contributed by atoms with Gasteiger partial charge in [-0.15, -0.1) is 0 Å². The lowest BCUT2D eigenvalue weighted by atomic mass is 10.3. The van der Waals surface area contributed by atoms with Crippen LogP contribution in [0.15, 0.2) is 81.3 Å². The van der Waals surface area contributed by atoms with Crippen LogP contribution in [0.1, 0.15) is 5.56 Å². The van der Waals surface area contributed by atoms with Gasteiger partial charge in [-0.1, -0.05) is 29.8 Å². The van der Waals surface area contributed by atoms with Gasteiger partial charge >= 0.3 is 0 Å². The number of aromatic nitrogens is 1. The van der Waals surface area contributed by atoms with Gasteiger partial charge in [0.15, 0.2) is 4.90 Å². The molecule has 2 aromatic carbocycles. The second-order valence-electron chi connectivity index (χ2n) is 6.29. The van der Waals surface area contributed by atoms with Crippen LogP contribution in [-0.2, 0) is 27.0 Å². The van der Waals surface area contributed by atoms with E-state index in [1.807, 2.05) is 0 Å². The van der Waals surface area contributed by atoms with Gasteiger partial charge < -0.3 is 8.97 Å². The number of halogens is 2. The van der Waals surface area contributed by atoms with Gasteiger partial charge in [0.25, 0.3) is 10.0 Å². The number of sulfonamides is 1. The average molecular weight is 465 g/mol. The van der Waals surface area contributed by atoms with Gasteiger partial charge in [-0.3, -0.25) is 4.72 Å². The van der Waals surface area contributed by atoms with E-state index in [1.54, 1.807) is 24.3 Å². The molecule has 154 valence electrons. The Bertz CT molecular complexity index is 1290. The molecule has 2 aromatic heterocycles. The fraction of sp³-hybridized carbons (Fsp3) is 0.0500. The molecule has 0 saturated heterocycles. The molecule has 30 heavy (non-hydrogen) atoms. The standard InChI is InChI=1S/C20H14ClFN2O4S2/c21-15-7-8-18(29(25)12-14-5-3-9-23-20(14)22)16(11-15)24-30(26,27)19-10-13-4-1-2-6-17(13)28-19/h1-11,24H,12H2. The molecule has 0 saturated carbocycles. The van der Waals surface area contributed by atoms with E-state index in [0.717, 1.165) is 0 Å². The highest BCUT2D eigenvalue weighted by molar-refractivity contribution is 7.93. The number of nitrogens with one attached hydrogen (secondary N) is 1. The molecule has 0 aliphatic heterocycles. The summed E-state index contributed by atoms with van der Waals surface area (Å²) in [5.41, 5.74) is 0.585. The van der Waals surface area contributed by atoms with Crippen molar-refractivity contribution in [2.75, 3.05) is 4.72 Å². The van der Waals surface area contributed by atoms with Crippen LogP contribution in [0.5, 0.6) is 0 Å². The Morgan fingerprint density at radius 3 is 2.70 bits per heavy atom. The largest absolute Gasteiger partial charge is 0.611 e. The van der Waals surface area contributed by atoms with Crippen molar-refractivity contribution in [3.8, 4) is 0 Å². The maximum absolute atomic E-state index is 13.8. The summed E-state index contributed by atoms with van der Waals surface area (Å²) in [7, 11) is -4.13. The lowest BCUT2D eigenvalue weighted by molar-refractivity contribution is 0.484. The zero-order valence-corrected chi connectivity index (χ0v) is 17.6. The van der Waals surface area contributed by atoms with Crippen molar-refractivity contribution >= 4 is 49.5 Å². The van der Waals surface area contributed by atoms with Crippen molar-refractivity contribution in [2.45, 2.75) is 15.7 Å². The Morgan fingerprint density at radius 2 is 1.93 bits per heavy atom. The first-order valence-electron chi connectivity index (χ1n) is 8.62. The fourth-order valence-electron chi connectivity index (χ4n) is 2.81. The third-order valence-corrected chi connectivity index (χ3v) is 7.10. The topological polar surface area (TPSA) is 95.3 Å². The van der Waals surface area contributed by atoms with Crippen LogP contribution in [0.25, 0.3) is 11.0 Å². The van der Waals surface area contributed by atoms with Crippen molar-refractivity contribution in [2.24, 2.45) is 0 Å². The summed E-state index contributed by atoms with van der Waals surface area (Å²) in [5.74, 6) is -0.912. The molecule has 2 heterocycles. The van der Waals surface area contributed by atoms with Crippen LogP contribution in [0.4, 0.5) is 10.1 Å². The average Bonchev–Trinajstić information content (AvgIpc) is 3.15. The van der Waals surface area contributed by atoms with Gasteiger partial charge in [0.2, 0.25) is 11.0 Å². The van der Waals surface area contributed by atoms with E-state index in [1.165, 1.54) is 42.6 Å². The molecular weight excluding hydrogens is 451 g/mol. The van der Waals surface area contributed by atoms with Crippen LogP contribution in [-0.4, -0.2) is 18.0 Å². The van der Waals surface area contributed by atoms with Crippen molar-refractivity contribution in [3.05, 3.63) is 83.4 Å². The number of furan rings is 1. The molecule has 0 aliphatic carbocycles. The van der Waals surface area contributed by atoms with Crippen molar-refractivity contribution < 1.29 is 21.8 Å². The predicted octanol–water partition coefficient (Wildman–Crippen LogP) is 4.73. The van der Waals surface area contributed by atoms with Crippen LogP contribution in [0, 0.1) is 5.95 Å². The summed E-state index contributed by atoms with van der Waals surface area (Å²) < 4.78 is 60.2. The Kier molecular flexibility index (Phi) is 5.70. The zero-order chi connectivity index (χ0) is 21.3.